The van der Waals surface area contributed by atoms with Gasteiger partial charge in [-0.1, -0.05) is 0 Å². The van der Waals surface area contributed by atoms with Crippen LogP contribution in [0, 0.1) is 15.9 Å². The van der Waals surface area contributed by atoms with Crippen LogP contribution in [0.4, 0.5) is 15.8 Å². The summed E-state index contributed by atoms with van der Waals surface area (Å²) in [5.74, 6) is -0.792. The van der Waals surface area contributed by atoms with Gasteiger partial charge in [0.15, 0.2) is 0 Å². The molecule has 0 spiro atoms. The number of hydrogen-bond acceptors (Lipinski definition) is 3. The van der Waals surface area contributed by atoms with Crippen LogP contribution in [0.25, 0.3) is 0 Å². The van der Waals surface area contributed by atoms with E-state index in [0.29, 0.717) is 11.7 Å². The summed E-state index contributed by atoms with van der Waals surface area (Å²) >= 11 is 0. The highest BCUT2D eigenvalue weighted by molar-refractivity contribution is 5.52. The van der Waals surface area contributed by atoms with E-state index >= 15 is 0 Å². The fourth-order valence-corrected chi connectivity index (χ4v) is 1.53. The third kappa shape index (κ3) is 2.06. The molecule has 0 aromatic heterocycles. The fraction of sp³-hybridized carbons (Fsp3) is 0.400. The maximum Gasteiger partial charge on any atom is 0.306 e. The van der Waals surface area contributed by atoms with Crippen molar-refractivity contribution in [3.05, 3.63) is 34.1 Å². The summed E-state index contributed by atoms with van der Waals surface area (Å²) in [6.07, 6.45) is 3.33. The molecule has 0 saturated heterocycles. The summed E-state index contributed by atoms with van der Waals surface area (Å²) in [6.45, 7) is 0. The van der Waals surface area contributed by atoms with Gasteiger partial charge in [-0.05, 0) is 31.4 Å². The van der Waals surface area contributed by atoms with Gasteiger partial charge in [0.1, 0.15) is 0 Å². The third-order valence-electron chi connectivity index (χ3n) is 2.62. The van der Waals surface area contributed by atoms with Gasteiger partial charge in [-0.25, -0.2) is 0 Å². The van der Waals surface area contributed by atoms with Gasteiger partial charge in [-0.15, -0.1) is 0 Å². The molecule has 5 heteroatoms. The second-order valence-electron chi connectivity index (χ2n) is 3.70. The molecule has 2 rings (SSSR count). The zero-order chi connectivity index (χ0) is 10.8. The lowest BCUT2D eigenvalue weighted by atomic mass is 9.93. The molecule has 0 aliphatic heterocycles. The zero-order valence-corrected chi connectivity index (χ0v) is 8.07. The van der Waals surface area contributed by atoms with Gasteiger partial charge < -0.3 is 5.32 Å². The first kappa shape index (κ1) is 9.89. The highest BCUT2D eigenvalue weighted by Crippen LogP contribution is 2.26. The van der Waals surface area contributed by atoms with Crippen molar-refractivity contribution in [3.63, 3.8) is 0 Å². The second kappa shape index (κ2) is 3.84. The maximum atomic E-state index is 13.0. The summed E-state index contributed by atoms with van der Waals surface area (Å²) in [4.78, 5) is 9.77. The predicted octanol–water partition coefficient (Wildman–Crippen LogP) is 2.70. The van der Waals surface area contributed by atoms with Crippen LogP contribution in [-0.4, -0.2) is 11.0 Å². The molecule has 1 saturated carbocycles. The molecule has 1 aliphatic rings. The molecule has 0 amide bonds. The summed E-state index contributed by atoms with van der Waals surface area (Å²) in [6, 6.07) is 4.28. The number of nitro groups is 1. The Labute approximate surface area is 86.3 Å². The molecule has 1 aromatic rings. The van der Waals surface area contributed by atoms with Crippen molar-refractivity contribution in [1.82, 2.24) is 0 Å². The second-order valence-corrected chi connectivity index (χ2v) is 3.70. The average Bonchev–Trinajstić information content (AvgIpc) is 2.13. The molecular weight excluding hydrogens is 199 g/mol. The van der Waals surface area contributed by atoms with Crippen molar-refractivity contribution in [1.29, 1.82) is 0 Å². The number of halogens is 1. The molecule has 1 fully saturated rings. The summed E-state index contributed by atoms with van der Waals surface area (Å²) < 4.78 is 13.0. The Morgan fingerprint density at radius 2 is 2.20 bits per heavy atom. The molecule has 1 N–H and O–H groups in total. The lowest BCUT2D eigenvalue weighted by Gasteiger charge is -2.27. The topological polar surface area (TPSA) is 55.2 Å². The smallest absolute Gasteiger partial charge is 0.306 e. The Bertz CT molecular complexity index is 391. The first-order chi connectivity index (χ1) is 7.16. The van der Waals surface area contributed by atoms with Gasteiger partial charge in [-0.2, -0.15) is 4.39 Å². The number of benzene rings is 1. The minimum Gasteiger partial charge on any atom is -0.382 e. The normalized spacial score (nSPS) is 15.8. The van der Waals surface area contributed by atoms with Crippen LogP contribution >= 0.6 is 0 Å². The van der Waals surface area contributed by atoms with Gasteiger partial charge >= 0.3 is 5.69 Å². The van der Waals surface area contributed by atoms with Crippen molar-refractivity contribution in [3.8, 4) is 0 Å². The Hall–Kier alpha value is -1.65. The van der Waals surface area contributed by atoms with Gasteiger partial charge in [0.05, 0.1) is 4.92 Å². The van der Waals surface area contributed by atoms with Crippen molar-refractivity contribution in [2.75, 3.05) is 5.32 Å². The lowest BCUT2D eigenvalue weighted by Crippen LogP contribution is -2.26. The predicted molar refractivity (Wildman–Crippen MR) is 54.3 cm³/mol. The molecule has 1 aromatic carbocycles. The van der Waals surface area contributed by atoms with Crippen molar-refractivity contribution >= 4 is 11.4 Å². The number of nitrogens with one attached hydrogen (secondary N) is 1. The van der Waals surface area contributed by atoms with Crippen molar-refractivity contribution in [2.24, 2.45) is 0 Å². The molecule has 4 nitrogen and oxygen atoms in total. The van der Waals surface area contributed by atoms with E-state index in [4.69, 9.17) is 0 Å². The average molecular weight is 210 g/mol. The Balaban J connectivity index is 2.17. The van der Waals surface area contributed by atoms with E-state index in [0.717, 1.165) is 18.9 Å². The van der Waals surface area contributed by atoms with E-state index in [1.54, 1.807) is 0 Å². The van der Waals surface area contributed by atoms with Crippen molar-refractivity contribution in [2.45, 2.75) is 25.3 Å². The quantitative estimate of drug-likeness (QED) is 0.616. The Morgan fingerprint density at radius 3 is 2.73 bits per heavy atom. The molecule has 15 heavy (non-hydrogen) atoms. The van der Waals surface area contributed by atoms with Crippen LogP contribution in [0.15, 0.2) is 18.2 Å². The van der Waals surface area contributed by atoms with E-state index in [9.17, 15) is 14.5 Å². The lowest BCUT2D eigenvalue weighted by molar-refractivity contribution is -0.387. The summed E-state index contributed by atoms with van der Waals surface area (Å²) in [5, 5.41) is 13.6. The van der Waals surface area contributed by atoms with Gasteiger partial charge in [-0.3, -0.25) is 10.1 Å². The molecular formula is C10H11FN2O2. The van der Waals surface area contributed by atoms with Crippen LogP contribution in [0.2, 0.25) is 0 Å². The van der Waals surface area contributed by atoms with Crippen molar-refractivity contribution < 1.29 is 9.31 Å². The van der Waals surface area contributed by atoms with Gasteiger partial charge in [0, 0.05) is 17.8 Å². The summed E-state index contributed by atoms with van der Waals surface area (Å²) in [5.41, 5.74) is 0.145. The van der Waals surface area contributed by atoms with E-state index in [1.165, 1.54) is 18.6 Å². The van der Waals surface area contributed by atoms with Crippen LogP contribution in [-0.2, 0) is 0 Å². The number of nitrogens with zero attached hydrogens (tertiary/aromatic N) is 1. The maximum absolute atomic E-state index is 13.0. The highest BCUT2D eigenvalue weighted by atomic mass is 19.1. The number of nitro benzene ring substituents is 1. The first-order valence-electron chi connectivity index (χ1n) is 4.87. The number of anilines is 1. The fourth-order valence-electron chi connectivity index (χ4n) is 1.53. The molecule has 1 aliphatic carbocycles. The van der Waals surface area contributed by atoms with Crippen LogP contribution < -0.4 is 5.32 Å². The van der Waals surface area contributed by atoms with Gasteiger partial charge in [0.25, 0.3) is 0 Å². The number of rotatable bonds is 3. The Kier molecular flexibility index (Phi) is 2.53. The summed E-state index contributed by atoms with van der Waals surface area (Å²) in [7, 11) is 0. The molecule has 0 bridgehead atoms. The van der Waals surface area contributed by atoms with Gasteiger partial charge in [0.2, 0.25) is 5.82 Å². The van der Waals surface area contributed by atoms with Crippen LogP contribution in [0.3, 0.4) is 0 Å². The van der Waals surface area contributed by atoms with E-state index in [-0.39, 0.29) is 0 Å². The first-order valence-corrected chi connectivity index (χ1v) is 4.87. The monoisotopic (exact) mass is 210 g/mol. The SMILES string of the molecule is O=[N+]([O-])c1cc(NC2CCC2)ccc1F. The zero-order valence-electron chi connectivity index (χ0n) is 8.07. The molecule has 80 valence electrons. The Morgan fingerprint density at radius 1 is 1.47 bits per heavy atom. The third-order valence-corrected chi connectivity index (χ3v) is 2.62. The highest BCUT2D eigenvalue weighted by Gasteiger charge is 2.19. The molecule has 0 radical (unpaired) electrons. The standard InChI is InChI=1S/C10H11FN2O2/c11-9-5-4-8(6-10(9)13(14)15)12-7-2-1-3-7/h4-7,12H,1-3H2. The minimum atomic E-state index is -0.792. The molecule has 0 heterocycles. The minimum absolute atomic E-state index is 0.384. The van der Waals surface area contributed by atoms with Crippen LogP contribution in [0.5, 0.6) is 0 Å². The van der Waals surface area contributed by atoms with E-state index in [2.05, 4.69) is 5.32 Å². The molecule has 0 unspecified atom stereocenters. The van der Waals surface area contributed by atoms with E-state index in [1.807, 2.05) is 0 Å². The van der Waals surface area contributed by atoms with E-state index < -0.39 is 16.4 Å². The van der Waals surface area contributed by atoms with Crippen LogP contribution in [0.1, 0.15) is 19.3 Å². The largest absolute Gasteiger partial charge is 0.382 e. The molecule has 0 atom stereocenters. The number of hydrogen-bond donors (Lipinski definition) is 1.